The highest BCUT2D eigenvalue weighted by atomic mass is 35.5. The maximum Gasteiger partial charge on any atom is 0.338 e. The van der Waals surface area contributed by atoms with Crippen molar-refractivity contribution in [2.75, 3.05) is 6.61 Å². The Labute approximate surface area is 258 Å². The summed E-state index contributed by atoms with van der Waals surface area (Å²) in [6, 6.07) is 14.2. The summed E-state index contributed by atoms with van der Waals surface area (Å²) in [4.78, 5) is 32.6. The van der Waals surface area contributed by atoms with Crippen molar-refractivity contribution >= 4 is 46.6 Å². The van der Waals surface area contributed by atoms with Gasteiger partial charge in [0.1, 0.15) is 5.75 Å². The van der Waals surface area contributed by atoms with E-state index < -0.39 is 12.0 Å². The second-order valence-corrected chi connectivity index (χ2v) is 12.1. The Morgan fingerprint density at radius 3 is 2.43 bits per heavy atom. The number of nitrogens with zero attached hydrogens (tertiary/aromatic N) is 3. The number of rotatable bonds is 7. The number of aromatic nitrogens is 2. The van der Waals surface area contributed by atoms with Crippen molar-refractivity contribution in [1.29, 1.82) is 0 Å². The number of ether oxygens (including phenoxy) is 2. The van der Waals surface area contributed by atoms with Gasteiger partial charge in [0.25, 0.3) is 5.56 Å². The first-order valence-electron chi connectivity index (χ1n) is 13.6. The van der Waals surface area contributed by atoms with E-state index >= 15 is 0 Å². The van der Waals surface area contributed by atoms with E-state index in [9.17, 15) is 9.59 Å². The minimum absolute atomic E-state index is 0.237. The highest BCUT2D eigenvalue weighted by molar-refractivity contribution is 7.07. The Morgan fingerprint density at radius 1 is 1.07 bits per heavy atom. The molecule has 1 aliphatic heterocycles. The van der Waals surface area contributed by atoms with Crippen molar-refractivity contribution in [2.24, 2.45) is 4.99 Å². The van der Waals surface area contributed by atoms with Crippen LogP contribution in [0.5, 0.6) is 5.75 Å². The quantitative estimate of drug-likeness (QED) is 0.226. The van der Waals surface area contributed by atoms with Crippen LogP contribution in [0.3, 0.4) is 0 Å². The summed E-state index contributed by atoms with van der Waals surface area (Å²) in [6.07, 6.45) is 1.55. The molecule has 0 fully saturated rings. The van der Waals surface area contributed by atoms with Gasteiger partial charge < -0.3 is 14.0 Å². The standard InChI is InChI=1S/C32H31Cl2N3O4S/c1-7-40-24-11-8-21(9-12-24)29-28(31(39)41-17(2)3)19(5)35-32-37(29)30(38)27(42-32)15-22-14-18(4)36(20(22)6)23-10-13-25(33)26(34)16-23/h8-17,29H,7H2,1-6H3/b27-15+/t29-/m1/s1. The number of thiazole rings is 1. The van der Waals surface area contributed by atoms with E-state index in [1.54, 1.807) is 31.4 Å². The molecule has 0 amide bonds. The van der Waals surface area contributed by atoms with Crippen LogP contribution in [0.25, 0.3) is 11.8 Å². The van der Waals surface area contributed by atoms with Crippen LogP contribution >= 0.6 is 34.5 Å². The second-order valence-electron chi connectivity index (χ2n) is 10.3. The molecular weight excluding hydrogens is 593 g/mol. The summed E-state index contributed by atoms with van der Waals surface area (Å²) >= 11 is 13.7. The highest BCUT2D eigenvalue weighted by Crippen LogP contribution is 2.32. The molecule has 0 aliphatic carbocycles. The number of hydrogen-bond acceptors (Lipinski definition) is 6. The maximum atomic E-state index is 14.1. The lowest BCUT2D eigenvalue weighted by Gasteiger charge is -2.25. The van der Waals surface area contributed by atoms with Crippen molar-refractivity contribution in [2.45, 2.75) is 53.7 Å². The van der Waals surface area contributed by atoms with E-state index in [-0.39, 0.29) is 11.7 Å². The summed E-state index contributed by atoms with van der Waals surface area (Å²) in [6.45, 7) is 11.8. The van der Waals surface area contributed by atoms with Crippen LogP contribution in [-0.2, 0) is 9.53 Å². The first kappa shape index (κ1) is 29.9. The topological polar surface area (TPSA) is 74.8 Å². The zero-order valence-corrected chi connectivity index (χ0v) is 26.5. The molecule has 42 heavy (non-hydrogen) atoms. The van der Waals surface area contributed by atoms with E-state index in [1.165, 1.54) is 11.3 Å². The van der Waals surface area contributed by atoms with Crippen molar-refractivity contribution in [3.05, 3.63) is 112 Å². The second kappa shape index (κ2) is 12.0. The van der Waals surface area contributed by atoms with Gasteiger partial charge in [-0.05, 0) is 95.1 Å². The number of hydrogen-bond donors (Lipinski definition) is 0. The third kappa shape index (κ3) is 5.59. The van der Waals surface area contributed by atoms with E-state index in [4.69, 9.17) is 37.7 Å². The average Bonchev–Trinajstić information content (AvgIpc) is 3.39. The smallest absolute Gasteiger partial charge is 0.338 e. The number of carbonyl (C=O) groups is 1. The number of halogens is 2. The normalized spacial score (nSPS) is 15.2. The third-order valence-electron chi connectivity index (χ3n) is 7.01. The molecule has 1 atom stereocenters. The lowest BCUT2D eigenvalue weighted by Crippen LogP contribution is -2.40. The number of aryl methyl sites for hydroxylation is 1. The monoisotopic (exact) mass is 623 g/mol. The van der Waals surface area contributed by atoms with Crippen LogP contribution in [0.1, 0.15) is 56.3 Å². The number of fused-ring (bicyclic) bond motifs is 1. The molecule has 2 aromatic carbocycles. The first-order chi connectivity index (χ1) is 20.0. The van der Waals surface area contributed by atoms with Gasteiger partial charge in [-0.3, -0.25) is 9.36 Å². The van der Waals surface area contributed by atoms with Gasteiger partial charge in [0, 0.05) is 17.1 Å². The largest absolute Gasteiger partial charge is 0.494 e. The van der Waals surface area contributed by atoms with Gasteiger partial charge in [-0.25, -0.2) is 9.79 Å². The summed E-state index contributed by atoms with van der Waals surface area (Å²) in [5.41, 5.74) is 5.06. The summed E-state index contributed by atoms with van der Waals surface area (Å²) in [7, 11) is 0. The minimum Gasteiger partial charge on any atom is -0.494 e. The zero-order valence-electron chi connectivity index (χ0n) is 24.2. The SMILES string of the molecule is CCOc1ccc([C@@H]2C(C(=O)OC(C)C)=C(C)N=c3s/c(=C/c4cc(C)n(-c5ccc(Cl)c(Cl)c5)c4C)c(=O)n32)cc1. The molecule has 0 N–H and O–H groups in total. The van der Waals surface area contributed by atoms with Crippen molar-refractivity contribution < 1.29 is 14.3 Å². The van der Waals surface area contributed by atoms with Crippen LogP contribution in [0, 0.1) is 13.8 Å². The Morgan fingerprint density at radius 2 is 1.79 bits per heavy atom. The molecule has 0 radical (unpaired) electrons. The number of esters is 1. The molecule has 218 valence electrons. The van der Waals surface area contributed by atoms with Gasteiger partial charge in [0.15, 0.2) is 4.80 Å². The lowest BCUT2D eigenvalue weighted by molar-refractivity contribution is -0.143. The molecular formula is C32H31Cl2N3O4S. The molecule has 1 aliphatic rings. The molecule has 5 rings (SSSR count). The molecule has 3 heterocycles. The van der Waals surface area contributed by atoms with E-state index in [2.05, 4.69) is 4.57 Å². The van der Waals surface area contributed by atoms with Crippen molar-refractivity contribution in [3.8, 4) is 11.4 Å². The molecule has 2 aromatic heterocycles. The van der Waals surface area contributed by atoms with Gasteiger partial charge in [0.05, 0.1) is 44.6 Å². The molecule has 0 unspecified atom stereocenters. The minimum atomic E-state index is -0.700. The summed E-state index contributed by atoms with van der Waals surface area (Å²) < 4.78 is 15.4. The maximum absolute atomic E-state index is 14.1. The molecule has 0 saturated carbocycles. The highest BCUT2D eigenvalue weighted by Gasteiger charge is 2.34. The molecule has 7 nitrogen and oxygen atoms in total. The van der Waals surface area contributed by atoms with Gasteiger partial charge in [-0.1, -0.05) is 46.7 Å². The number of benzene rings is 2. The van der Waals surface area contributed by atoms with E-state index in [0.29, 0.717) is 43.0 Å². The van der Waals surface area contributed by atoms with Crippen LogP contribution in [0.2, 0.25) is 10.0 Å². The van der Waals surface area contributed by atoms with Crippen LogP contribution in [0.4, 0.5) is 0 Å². The first-order valence-corrected chi connectivity index (χ1v) is 15.2. The van der Waals surface area contributed by atoms with Crippen molar-refractivity contribution in [1.82, 2.24) is 9.13 Å². The Balaban J connectivity index is 1.66. The summed E-state index contributed by atoms with van der Waals surface area (Å²) in [5.74, 6) is 0.211. The predicted molar refractivity (Wildman–Crippen MR) is 168 cm³/mol. The van der Waals surface area contributed by atoms with Crippen LogP contribution < -0.4 is 19.6 Å². The van der Waals surface area contributed by atoms with E-state index in [0.717, 1.165) is 28.2 Å². The Hall–Kier alpha value is -3.59. The van der Waals surface area contributed by atoms with Gasteiger partial charge in [-0.2, -0.15) is 0 Å². The molecule has 0 bridgehead atoms. The Kier molecular flexibility index (Phi) is 8.51. The average molecular weight is 625 g/mol. The Bertz CT molecular complexity index is 1900. The molecule has 0 spiro atoms. The van der Waals surface area contributed by atoms with Gasteiger partial charge >= 0.3 is 5.97 Å². The number of allylic oxidation sites excluding steroid dienone is 1. The predicted octanol–water partition coefficient (Wildman–Crippen LogP) is 6.30. The fourth-order valence-corrected chi connectivity index (χ4v) is 6.51. The third-order valence-corrected chi connectivity index (χ3v) is 8.73. The fraction of sp³-hybridized carbons (Fsp3) is 0.281. The number of carbonyl (C=O) groups excluding carboxylic acids is 1. The lowest BCUT2D eigenvalue weighted by atomic mass is 9.96. The van der Waals surface area contributed by atoms with Gasteiger partial charge in [-0.15, -0.1) is 0 Å². The van der Waals surface area contributed by atoms with E-state index in [1.807, 2.05) is 69.3 Å². The summed E-state index contributed by atoms with van der Waals surface area (Å²) in [5, 5.41) is 0.950. The van der Waals surface area contributed by atoms with Crippen LogP contribution in [-0.4, -0.2) is 27.8 Å². The molecule has 10 heteroatoms. The van der Waals surface area contributed by atoms with Crippen LogP contribution in [0.15, 0.2) is 69.6 Å². The molecule has 0 saturated heterocycles. The zero-order chi connectivity index (χ0) is 30.3. The van der Waals surface area contributed by atoms with Crippen molar-refractivity contribution in [3.63, 3.8) is 0 Å². The fourth-order valence-electron chi connectivity index (χ4n) is 5.19. The van der Waals surface area contributed by atoms with Gasteiger partial charge in [0.2, 0.25) is 0 Å². The molecule has 4 aromatic rings.